The molecule has 0 saturated carbocycles. The number of likely N-dealkylation sites (tertiary alicyclic amines) is 1. The molecular weight excluding hydrogens is 292 g/mol. The number of β-amino-alcohol motifs (C(OH)–C–C–N with tert-alkyl or cyclic N) is 1. The van der Waals surface area contributed by atoms with Crippen LogP contribution in [0.15, 0.2) is 48.7 Å². The number of aromatic nitrogens is 1. The molecule has 1 atom stereocenters. The maximum atomic E-state index is 12.4. The Balaban J connectivity index is 1.59. The highest BCUT2D eigenvalue weighted by Crippen LogP contribution is 2.17. The standard InChI is InChI=1S/C18H20N2O3/c21-16-5-3-11-20(12-16)18(22)14-6-8-17(9-7-14)23-13-15-4-1-2-10-19-15/h1-2,4,6-10,16,21H,3,5,11-13H2. The Labute approximate surface area is 135 Å². The smallest absolute Gasteiger partial charge is 0.253 e. The number of nitrogens with zero attached hydrogens (tertiary/aromatic N) is 2. The van der Waals surface area contributed by atoms with Crippen LogP contribution >= 0.6 is 0 Å². The summed E-state index contributed by atoms with van der Waals surface area (Å²) in [6, 6.07) is 12.8. The number of carbonyl (C=O) groups excluding carboxylic acids is 1. The molecule has 5 nitrogen and oxygen atoms in total. The van der Waals surface area contributed by atoms with Gasteiger partial charge in [0, 0.05) is 24.8 Å². The molecule has 1 amide bonds. The molecule has 0 spiro atoms. The van der Waals surface area contributed by atoms with Crippen molar-refractivity contribution in [1.29, 1.82) is 0 Å². The van der Waals surface area contributed by atoms with Crippen molar-refractivity contribution in [2.24, 2.45) is 0 Å². The summed E-state index contributed by atoms with van der Waals surface area (Å²) in [6.07, 6.45) is 2.93. The number of aliphatic hydroxyl groups excluding tert-OH is 1. The van der Waals surface area contributed by atoms with E-state index in [1.54, 1.807) is 35.4 Å². The average Bonchev–Trinajstić information content (AvgIpc) is 2.61. The van der Waals surface area contributed by atoms with Crippen LogP contribution in [0, 0.1) is 0 Å². The van der Waals surface area contributed by atoms with E-state index < -0.39 is 6.10 Å². The molecule has 3 rings (SSSR count). The van der Waals surface area contributed by atoms with Gasteiger partial charge in [0.15, 0.2) is 0 Å². The number of hydrogen-bond donors (Lipinski definition) is 1. The summed E-state index contributed by atoms with van der Waals surface area (Å²) >= 11 is 0. The van der Waals surface area contributed by atoms with Gasteiger partial charge in [0.1, 0.15) is 12.4 Å². The maximum absolute atomic E-state index is 12.4. The van der Waals surface area contributed by atoms with Crippen molar-refractivity contribution in [3.8, 4) is 5.75 Å². The van der Waals surface area contributed by atoms with Crippen LogP contribution in [0.25, 0.3) is 0 Å². The summed E-state index contributed by atoms with van der Waals surface area (Å²) in [6.45, 7) is 1.51. The Kier molecular flexibility index (Phi) is 4.88. The number of piperidine rings is 1. The van der Waals surface area contributed by atoms with Crippen LogP contribution in [0.1, 0.15) is 28.9 Å². The van der Waals surface area contributed by atoms with E-state index in [2.05, 4.69) is 4.98 Å². The van der Waals surface area contributed by atoms with Gasteiger partial charge in [0.05, 0.1) is 11.8 Å². The van der Waals surface area contributed by atoms with E-state index in [0.717, 1.165) is 18.5 Å². The SMILES string of the molecule is O=C(c1ccc(OCc2ccccn2)cc1)N1CCCC(O)C1. The Morgan fingerprint density at radius 1 is 1.26 bits per heavy atom. The minimum atomic E-state index is -0.409. The number of pyridine rings is 1. The molecule has 0 aliphatic carbocycles. The molecule has 2 aromatic rings. The van der Waals surface area contributed by atoms with Crippen molar-refractivity contribution >= 4 is 5.91 Å². The fourth-order valence-electron chi connectivity index (χ4n) is 2.66. The van der Waals surface area contributed by atoms with Gasteiger partial charge in [-0.2, -0.15) is 0 Å². The first-order chi connectivity index (χ1) is 11.2. The molecule has 23 heavy (non-hydrogen) atoms. The number of carbonyl (C=O) groups is 1. The number of amides is 1. The highest BCUT2D eigenvalue weighted by molar-refractivity contribution is 5.94. The lowest BCUT2D eigenvalue weighted by molar-refractivity contribution is 0.0473. The van der Waals surface area contributed by atoms with Gasteiger partial charge in [-0.1, -0.05) is 6.07 Å². The monoisotopic (exact) mass is 312 g/mol. The molecule has 5 heteroatoms. The summed E-state index contributed by atoms with van der Waals surface area (Å²) in [4.78, 5) is 18.3. The van der Waals surface area contributed by atoms with E-state index in [-0.39, 0.29) is 5.91 Å². The van der Waals surface area contributed by atoms with E-state index in [9.17, 15) is 9.90 Å². The third kappa shape index (κ3) is 4.07. The zero-order valence-corrected chi connectivity index (χ0v) is 12.9. The van der Waals surface area contributed by atoms with Crippen LogP contribution < -0.4 is 4.74 Å². The molecule has 0 radical (unpaired) electrons. The molecule has 120 valence electrons. The van der Waals surface area contributed by atoms with E-state index in [4.69, 9.17) is 4.74 Å². The van der Waals surface area contributed by atoms with Crippen molar-refractivity contribution in [2.75, 3.05) is 13.1 Å². The van der Waals surface area contributed by atoms with Crippen molar-refractivity contribution in [3.05, 3.63) is 59.9 Å². The molecule has 1 saturated heterocycles. The van der Waals surface area contributed by atoms with E-state index in [0.29, 0.717) is 31.0 Å². The number of rotatable bonds is 4. The predicted molar refractivity (Wildman–Crippen MR) is 86.2 cm³/mol. The van der Waals surface area contributed by atoms with Crippen molar-refractivity contribution in [3.63, 3.8) is 0 Å². The number of ether oxygens (including phenoxy) is 1. The second-order valence-electron chi connectivity index (χ2n) is 5.68. The second-order valence-corrected chi connectivity index (χ2v) is 5.68. The normalized spacial score (nSPS) is 17.8. The minimum absolute atomic E-state index is 0.0416. The summed E-state index contributed by atoms with van der Waals surface area (Å²) in [7, 11) is 0. The Morgan fingerprint density at radius 3 is 2.78 bits per heavy atom. The van der Waals surface area contributed by atoms with Crippen LogP contribution in [-0.4, -0.2) is 40.1 Å². The van der Waals surface area contributed by atoms with E-state index >= 15 is 0 Å². The van der Waals surface area contributed by atoms with Gasteiger partial charge in [-0.15, -0.1) is 0 Å². The highest BCUT2D eigenvalue weighted by atomic mass is 16.5. The van der Waals surface area contributed by atoms with E-state index in [1.165, 1.54) is 0 Å². The molecule has 1 aromatic carbocycles. The third-order valence-corrected chi connectivity index (χ3v) is 3.90. The zero-order chi connectivity index (χ0) is 16.1. The van der Waals surface area contributed by atoms with Crippen LogP contribution in [0.2, 0.25) is 0 Å². The van der Waals surface area contributed by atoms with Crippen molar-refractivity contribution in [2.45, 2.75) is 25.6 Å². The summed E-state index contributed by atoms with van der Waals surface area (Å²) in [5, 5.41) is 9.68. The van der Waals surface area contributed by atoms with Gasteiger partial charge < -0.3 is 14.7 Å². The number of aliphatic hydroxyl groups is 1. The zero-order valence-electron chi connectivity index (χ0n) is 12.9. The largest absolute Gasteiger partial charge is 0.487 e. The van der Waals surface area contributed by atoms with Gasteiger partial charge in [-0.05, 0) is 49.2 Å². The fraction of sp³-hybridized carbons (Fsp3) is 0.333. The van der Waals surface area contributed by atoms with Crippen molar-refractivity contribution < 1.29 is 14.6 Å². The van der Waals surface area contributed by atoms with Gasteiger partial charge >= 0.3 is 0 Å². The van der Waals surface area contributed by atoms with Gasteiger partial charge in [-0.3, -0.25) is 9.78 Å². The van der Waals surface area contributed by atoms with Gasteiger partial charge in [-0.25, -0.2) is 0 Å². The molecule has 2 heterocycles. The van der Waals surface area contributed by atoms with Crippen LogP contribution in [0.3, 0.4) is 0 Å². The molecule has 1 N–H and O–H groups in total. The van der Waals surface area contributed by atoms with Crippen LogP contribution in [0.4, 0.5) is 0 Å². The first-order valence-electron chi connectivity index (χ1n) is 7.82. The van der Waals surface area contributed by atoms with E-state index in [1.807, 2.05) is 18.2 Å². The quantitative estimate of drug-likeness (QED) is 0.940. The van der Waals surface area contributed by atoms with Crippen LogP contribution in [-0.2, 0) is 6.61 Å². The predicted octanol–water partition coefficient (Wildman–Crippen LogP) is 2.26. The molecule has 1 fully saturated rings. The molecule has 1 aliphatic rings. The summed E-state index contributed by atoms with van der Waals surface area (Å²) < 4.78 is 5.66. The third-order valence-electron chi connectivity index (χ3n) is 3.90. The van der Waals surface area contributed by atoms with Gasteiger partial charge in [0.25, 0.3) is 5.91 Å². The average molecular weight is 312 g/mol. The lowest BCUT2D eigenvalue weighted by atomic mass is 10.1. The first-order valence-corrected chi connectivity index (χ1v) is 7.82. The Bertz CT molecular complexity index is 643. The molecule has 1 unspecified atom stereocenters. The Morgan fingerprint density at radius 2 is 2.09 bits per heavy atom. The first kappa shape index (κ1) is 15.5. The molecule has 0 bridgehead atoms. The topological polar surface area (TPSA) is 62.7 Å². The second kappa shape index (κ2) is 7.24. The molecule has 1 aliphatic heterocycles. The summed E-state index contributed by atoms with van der Waals surface area (Å²) in [5.74, 6) is 0.658. The maximum Gasteiger partial charge on any atom is 0.253 e. The highest BCUT2D eigenvalue weighted by Gasteiger charge is 2.22. The lowest BCUT2D eigenvalue weighted by Gasteiger charge is -2.30. The van der Waals surface area contributed by atoms with Crippen molar-refractivity contribution in [1.82, 2.24) is 9.88 Å². The summed E-state index contributed by atoms with van der Waals surface area (Å²) in [5.41, 5.74) is 1.47. The minimum Gasteiger partial charge on any atom is -0.487 e. The van der Waals surface area contributed by atoms with Gasteiger partial charge in [0.2, 0.25) is 0 Å². The lowest BCUT2D eigenvalue weighted by Crippen LogP contribution is -2.42. The fourth-order valence-corrected chi connectivity index (χ4v) is 2.66. The molecular formula is C18H20N2O3. The van der Waals surface area contributed by atoms with Crippen LogP contribution in [0.5, 0.6) is 5.75 Å². The number of hydrogen-bond acceptors (Lipinski definition) is 4. The molecule has 1 aromatic heterocycles. The Hall–Kier alpha value is -2.40. The number of benzene rings is 1.